The fourth-order valence-electron chi connectivity index (χ4n) is 1.08. The topological polar surface area (TPSA) is 57.5 Å². The van der Waals surface area contributed by atoms with Crippen LogP contribution < -0.4 is 0 Å². The molecule has 3 nitrogen and oxygen atoms in total. The summed E-state index contributed by atoms with van der Waals surface area (Å²) in [4.78, 5) is 10.6. The van der Waals surface area contributed by atoms with Crippen molar-refractivity contribution in [2.75, 3.05) is 0 Å². The molecule has 2 atom stereocenters. The van der Waals surface area contributed by atoms with Gasteiger partial charge in [-0.1, -0.05) is 23.7 Å². The maximum absolute atomic E-state index is 10.6. The van der Waals surface area contributed by atoms with Crippen LogP contribution in [0.1, 0.15) is 18.6 Å². The van der Waals surface area contributed by atoms with Gasteiger partial charge in [-0.15, -0.1) is 0 Å². The van der Waals surface area contributed by atoms with Crippen LogP contribution in [-0.4, -0.2) is 16.2 Å². The molecule has 0 unspecified atom stereocenters. The Balaban J connectivity index is 2.84. The van der Waals surface area contributed by atoms with E-state index < -0.39 is 18.0 Å². The molecule has 14 heavy (non-hydrogen) atoms. The molecule has 0 fully saturated rings. The lowest BCUT2D eigenvalue weighted by Gasteiger charge is -2.14. The number of carboxylic acids is 1. The van der Waals surface area contributed by atoms with Crippen molar-refractivity contribution >= 4 is 17.6 Å². The fraction of sp³-hybridized carbons (Fsp3) is 0.300. The first-order valence-corrected chi connectivity index (χ1v) is 4.56. The van der Waals surface area contributed by atoms with E-state index in [1.165, 1.54) is 6.92 Å². The van der Waals surface area contributed by atoms with Gasteiger partial charge in [0, 0.05) is 5.02 Å². The summed E-state index contributed by atoms with van der Waals surface area (Å²) >= 11 is 5.66. The normalized spacial score (nSPS) is 14.8. The van der Waals surface area contributed by atoms with Crippen molar-refractivity contribution in [3.8, 4) is 0 Å². The number of carbonyl (C=O) groups is 1. The van der Waals surface area contributed by atoms with Crippen molar-refractivity contribution in [1.82, 2.24) is 0 Å². The lowest BCUT2D eigenvalue weighted by molar-refractivity contribution is -0.145. The van der Waals surface area contributed by atoms with Crippen LogP contribution in [-0.2, 0) is 4.79 Å². The maximum Gasteiger partial charge on any atom is 0.309 e. The van der Waals surface area contributed by atoms with Crippen molar-refractivity contribution in [1.29, 1.82) is 0 Å². The van der Waals surface area contributed by atoms with E-state index in [1.807, 2.05) is 0 Å². The third-order valence-corrected chi connectivity index (χ3v) is 2.33. The number of hydrogen-bond donors (Lipinski definition) is 2. The summed E-state index contributed by atoms with van der Waals surface area (Å²) in [6, 6.07) is 6.47. The van der Waals surface area contributed by atoms with Crippen LogP contribution in [0, 0.1) is 5.92 Å². The Bertz CT molecular complexity index is 321. The molecule has 0 aliphatic carbocycles. The van der Waals surface area contributed by atoms with Gasteiger partial charge >= 0.3 is 5.97 Å². The van der Waals surface area contributed by atoms with Crippen molar-refractivity contribution in [2.45, 2.75) is 13.0 Å². The number of carboxylic acid groups (broad SMARTS) is 1. The van der Waals surface area contributed by atoms with Gasteiger partial charge in [-0.2, -0.15) is 0 Å². The predicted molar refractivity (Wildman–Crippen MR) is 53.2 cm³/mol. The summed E-state index contributed by atoms with van der Waals surface area (Å²) < 4.78 is 0. The molecule has 4 heteroatoms. The molecule has 0 aliphatic rings. The number of halogens is 1. The third kappa shape index (κ3) is 2.47. The summed E-state index contributed by atoms with van der Waals surface area (Å²) in [5.41, 5.74) is 0.560. The standard InChI is InChI=1S/C10H11ClO3/c1-6(10(13)14)9(12)7-2-4-8(11)5-3-7/h2-6,9,12H,1H3,(H,13,14)/t6-,9-/m1/s1. The zero-order valence-corrected chi connectivity index (χ0v) is 8.40. The van der Waals surface area contributed by atoms with Gasteiger partial charge in [-0.3, -0.25) is 4.79 Å². The number of aliphatic carboxylic acids is 1. The first-order chi connectivity index (χ1) is 6.52. The predicted octanol–water partition coefficient (Wildman–Crippen LogP) is 2.09. The van der Waals surface area contributed by atoms with Crippen LogP contribution in [0.15, 0.2) is 24.3 Å². The number of aliphatic hydroxyl groups is 1. The fourth-order valence-corrected chi connectivity index (χ4v) is 1.21. The smallest absolute Gasteiger partial charge is 0.309 e. The van der Waals surface area contributed by atoms with Gasteiger partial charge in [0.15, 0.2) is 0 Å². The van der Waals surface area contributed by atoms with Gasteiger partial charge in [-0.25, -0.2) is 0 Å². The van der Waals surface area contributed by atoms with E-state index in [9.17, 15) is 9.90 Å². The number of hydrogen-bond acceptors (Lipinski definition) is 2. The molecule has 0 aromatic heterocycles. The molecule has 0 saturated carbocycles. The number of rotatable bonds is 3. The summed E-state index contributed by atoms with van der Waals surface area (Å²) in [6.07, 6.45) is -0.996. The van der Waals surface area contributed by atoms with E-state index in [1.54, 1.807) is 24.3 Å². The van der Waals surface area contributed by atoms with Crippen LogP contribution in [0.3, 0.4) is 0 Å². The second kappa shape index (κ2) is 4.44. The molecule has 0 saturated heterocycles. The first-order valence-electron chi connectivity index (χ1n) is 4.18. The van der Waals surface area contributed by atoms with Gasteiger partial charge in [0.2, 0.25) is 0 Å². The molecule has 0 heterocycles. The van der Waals surface area contributed by atoms with Crippen molar-refractivity contribution in [3.63, 3.8) is 0 Å². The van der Waals surface area contributed by atoms with Gasteiger partial charge in [0.05, 0.1) is 12.0 Å². The Hall–Kier alpha value is -1.06. The summed E-state index contributed by atoms with van der Waals surface area (Å²) in [7, 11) is 0. The van der Waals surface area contributed by atoms with E-state index in [0.717, 1.165) is 0 Å². The zero-order chi connectivity index (χ0) is 10.7. The van der Waals surface area contributed by atoms with Crippen LogP contribution in [0.2, 0.25) is 5.02 Å². The van der Waals surface area contributed by atoms with Crippen LogP contribution >= 0.6 is 11.6 Å². The highest BCUT2D eigenvalue weighted by atomic mass is 35.5. The van der Waals surface area contributed by atoms with Crippen LogP contribution in [0.4, 0.5) is 0 Å². The molecule has 0 spiro atoms. The monoisotopic (exact) mass is 214 g/mol. The number of benzene rings is 1. The lowest BCUT2D eigenvalue weighted by Crippen LogP contribution is -2.18. The molecule has 2 N–H and O–H groups in total. The maximum atomic E-state index is 10.6. The van der Waals surface area contributed by atoms with Crippen molar-refractivity contribution < 1.29 is 15.0 Å². The molecule has 76 valence electrons. The average molecular weight is 215 g/mol. The van der Waals surface area contributed by atoms with Gasteiger partial charge in [0.25, 0.3) is 0 Å². The summed E-state index contributed by atoms with van der Waals surface area (Å²) in [5, 5.41) is 18.9. The van der Waals surface area contributed by atoms with Gasteiger partial charge in [0.1, 0.15) is 0 Å². The van der Waals surface area contributed by atoms with E-state index >= 15 is 0 Å². The molecule has 1 aromatic rings. The molecule has 1 aromatic carbocycles. The first kappa shape index (κ1) is 11.0. The molecule has 0 amide bonds. The quantitative estimate of drug-likeness (QED) is 0.810. The SMILES string of the molecule is C[C@@H](C(=O)O)[C@@H](O)c1ccc(Cl)cc1. The minimum Gasteiger partial charge on any atom is -0.481 e. The van der Waals surface area contributed by atoms with Crippen molar-refractivity contribution in [3.05, 3.63) is 34.9 Å². The zero-order valence-electron chi connectivity index (χ0n) is 7.64. The highest BCUT2D eigenvalue weighted by molar-refractivity contribution is 6.30. The highest BCUT2D eigenvalue weighted by Gasteiger charge is 2.22. The summed E-state index contributed by atoms with van der Waals surface area (Å²) in [6.45, 7) is 1.46. The molecule has 1 rings (SSSR count). The third-order valence-electron chi connectivity index (χ3n) is 2.07. The lowest BCUT2D eigenvalue weighted by atomic mass is 9.98. The van der Waals surface area contributed by atoms with Gasteiger partial charge in [-0.05, 0) is 24.6 Å². The average Bonchev–Trinajstić information content (AvgIpc) is 2.16. The minimum atomic E-state index is -1.02. The van der Waals surface area contributed by atoms with E-state index in [4.69, 9.17) is 16.7 Å². The Labute approximate surface area is 86.9 Å². The second-order valence-corrected chi connectivity index (χ2v) is 3.56. The molecular formula is C10H11ClO3. The Morgan fingerprint density at radius 2 is 1.86 bits per heavy atom. The van der Waals surface area contributed by atoms with Crippen LogP contribution in [0.25, 0.3) is 0 Å². The van der Waals surface area contributed by atoms with E-state index in [0.29, 0.717) is 10.6 Å². The van der Waals surface area contributed by atoms with Crippen molar-refractivity contribution in [2.24, 2.45) is 5.92 Å². The Morgan fingerprint density at radius 3 is 2.29 bits per heavy atom. The van der Waals surface area contributed by atoms with E-state index in [2.05, 4.69) is 0 Å². The molecule has 0 radical (unpaired) electrons. The van der Waals surface area contributed by atoms with E-state index in [-0.39, 0.29) is 0 Å². The minimum absolute atomic E-state index is 0.559. The molecule has 0 bridgehead atoms. The van der Waals surface area contributed by atoms with Crippen LogP contribution in [0.5, 0.6) is 0 Å². The number of aliphatic hydroxyl groups excluding tert-OH is 1. The largest absolute Gasteiger partial charge is 0.481 e. The molecular weight excluding hydrogens is 204 g/mol. The Morgan fingerprint density at radius 1 is 1.36 bits per heavy atom. The second-order valence-electron chi connectivity index (χ2n) is 3.12. The Kier molecular flexibility index (Phi) is 3.49. The highest BCUT2D eigenvalue weighted by Crippen LogP contribution is 2.23. The van der Waals surface area contributed by atoms with Gasteiger partial charge < -0.3 is 10.2 Å². The summed E-state index contributed by atoms with van der Waals surface area (Å²) in [5.74, 6) is -1.84. The molecule has 0 aliphatic heterocycles.